The van der Waals surface area contributed by atoms with E-state index in [9.17, 15) is 0 Å². The standard InChI is InChI=1S/C10H16N2.2BrH/c1-12(2)8-10-6-4-3-5-9(10)7-11;;/h3-6H,7-8,11H2,1-2H3;2*1H. The molecule has 2 nitrogen and oxygen atoms in total. The summed E-state index contributed by atoms with van der Waals surface area (Å²) in [6, 6.07) is 8.29. The number of hydrogen-bond donors (Lipinski definition) is 1. The molecule has 0 aliphatic heterocycles. The highest BCUT2D eigenvalue weighted by atomic mass is 79.9. The van der Waals surface area contributed by atoms with Crippen molar-refractivity contribution in [1.82, 2.24) is 4.90 Å². The van der Waals surface area contributed by atoms with Crippen molar-refractivity contribution in [1.29, 1.82) is 0 Å². The lowest BCUT2D eigenvalue weighted by molar-refractivity contribution is 0.401. The van der Waals surface area contributed by atoms with Crippen LogP contribution in [-0.2, 0) is 13.1 Å². The maximum Gasteiger partial charge on any atom is 0.0230 e. The maximum absolute atomic E-state index is 5.61. The van der Waals surface area contributed by atoms with E-state index in [-0.39, 0.29) is 34.0 Å². The van der Waals surface area contributed by atoms with Gasteiger partial charge in [0.1, 0.15) is 0 Å². The number of nitrogens with two attached hydrogens (primary N) is 1. The molecule has 1 rings (SSSR count). The lowest BCUT2D eigenvalue weighted by Gasteiger charge is -2.12. The van der Waals surface area contributed by atoms with Crippen molar-refractivity contribution in [2.24, 2.45) is 5.73 Å². The van der Waals surface area contributed by atoms with Crippen LogP contribution in [0.2, 0.25) is 0 Å². The fourth-order valence-electron chi connectivity index (χ4n) is 1.25. The summed E-state index contributed by atoms with van der Waals surface area (Å²) in [5.41, 5.74) is 8.17. The maximum atomic E-state index is 5.61. The fraction of sp³-hybridized carbons (Fsp3) is 0.400. The van der Waals surface area contributed by atoms with Gasteiger partial charge in [-0.15, -0.1) is 34.0 Å². The van der Waals surface area contributed by atoms with Gasteiger partial charge in [0.15, 0.2) is 0 Å². The van der Waals surface area contributed by atoms with Crippen LogP contribution >= 0.6 is 34.0 Å². The normalized spacial score (nSPS) is 9.14. The highest BCUT2D eigenvalue weighted by Gasteiger charge is 1.99. The van der Waals surface area contributed by atoms with Crippen LogP contribution in [0.3, 0.4) is 0 Å². The van der Waals surface area contributed by atoms with Gasteiger partial charge in [-0.25, -0.2) is 0 Å². The van der Waals surface area contributed by atoms with Crippen molar-refractivity contribution in [3.63, 3.8) is 0 Å². The van der Waals surface area contributed by atoms with Crippen molar-refractivity contribution < 1.29 is 0 Å². The van der Waals surface area contributed by atoms with Gasteiger partial charge in [-0.2, -0.15) is 0 Å². The van der Waals surface area contributed by atoms with Crippen LogP contribution in [-0.4, -0.2) is 19.0 Å². The Morgan fingerprint density at radius 2 is 1.57 bits per heavy atom. The molecule has 0 aliphatic rings. The van der Waals surface area contributed by atoms with Gasteiger partial charge < -0.3 is 10.6 Å². The van der Waals surface area contributed by atoms with Crippen molar-refractivity contribution >= 4 is 34.0 Å². The van der Waals surface area contributed by atoms with Gasteiger partial charge in [0.05, 0.1) is 0 Å². The lowest BCUT2D eigenvalue weighted by Crippen LogP contribution is -2.13. The van der Waals surface area contributed by atoms with Gasteiger partial charge >= 0.3 is 0 Å². The molecule has 0 saturated heterocycles. The molecular weight excluding hydrogens is 308 g/mol. The zero-order valence-electron chi connectivity index (χ0n) is 8.56. The summed E-state index contributed by atoms with van der Waals surface area (Å²) >= 11 is 0. The Bertz CT molecular complexity index is 252. The number of halogens is 2. The molecule has 0 spiro atoms. The molecule has 14 heavy (non-hydrogen) atoms. The number of hydrogen-bond acceptors (Lipinski definition) is 2. The van der Waals surface area contributed by atoms with Crippen LogP contribution in [0.5, 0.6) is 0 Å². The van der Waals surface area contributed by atoms with Crippen molar-refractivity contribution in [3.05, 3.63) is 35.4 Å². The summed E-state index contributed by atoms with van der Waals surface area (Å²) in [4.78, 5) is 2.15. The van der Waals surface area contributed by atoms with E-state index >= 15 is 0 Å². The van der Waals surface area contributed by atoms with Crippen LogP contribution in [0.15, 0.2) is 24.3 Å². The zero-order chi connectivity index (χ0) is 8.97. The molecule has 0 heterocycles. The molecule has 1 aromatic rings. The van der Waals surface area contributed by atoms with Gasteiger partial charge in [-0.1, -0.05) is 24.3 Å². The third-order valence-electron chi connectivity index (χ3n) is 1.82. The van der Waals surface area contributed by atoms with Crippen LogP contribution in [0, 0.1) is 0 Å². The molecule has 0 unspecified atom stereocenters. The van der Waals surface area contributed by atoms with Gasteiger partial charge in [0.2, 0.25) is 0 Å². The second-order valence-electron chi connectivity index (χ2n) is 3.21. The number of benzene rings is 1. The van der Waals surface area contributed by atoms with E-state index in [1.807, 2.05) is 6.07 Å². The summed E-state index contributed by atoms with van der Waals surface area (Å²) in [6.45, 7) is 1.59. The molecule has 0 atom stereocenters. The average molecular weight is 326 g/mol. The summed E-state index contributed by atoms with van der Waals surface area (Å²) in [7, 11) is 4.13. The monoisotopic (exact) mass is 324 g/mol. The molecule has 1 aromatic carbocycles. The van der Waals surface area contributed by atoms with E-state index < -0.39 is 0 Å². The Morgan fingerprint density at radius 1 is 1.07 bits per heavy atom. The zero-order valence-corrected chi connectivity index (χ0v) is 12.0. The predicted octanol–water partition coefficient (Wildman–Crippen LogP) is 2.36. The van der Waals surface area contributed by atoms with E-state index in [1.54, 1.807) is 0 Å². The summed E-state index contributed by atoms with van der Waals surface area (Å²) in [6.07, 6.45) is 0. The second kappa shape index (κ2) is 8.41. The minimum absolute atomic E-state index is 0. The highest BCUT2D eigenvalue weighted by Crippen LogP contribution is 2.08. The van der Waals surface area contributed by atoms with E-state index in [4.69, 9.17) is 5.73 Å². The Balaban J connectivity index is 0. The summed E-state index contributed by atoms with van der Waals surface area (Å²) in [5.74, 6) is 0. The van der Waals surface area contributed by atoms with Crippen LogP contribution < -0.4 is 5.73 Å². The van der Waals surface area contributed by atoms with Gasteiger partial charge in [-0.05, 0) is 25.2 Å². The third-order valence-corrected chi connectivity index (χ3v) is 1.82. The average Bonchev–Trinajstić information content (AvgIpc) is 2.04. The van der Waals surface area contributed by atoms with Crippen molar-refractivity contribution in [2.75, 3.05) is 14.1 Å². The Labute approximate surface area is 107 Å². The molecule has 0 bridgehead atoms. The first-order valence-electron chi connectivity index (χ1n) is 4.15. The lowest BCUT2D eigenvalue weighted by atomic mass is 10.1. The molecule has 0 fully saturated rings. The quantitative estimate of drug-likeness (QED) is 0.924. The van der Waals surface area contributed by atoms with E-state index in [2.05, 4.69) is 37.2 Å². The minimum atomic E-state index is 0. The van der Waals surface area contributed by atoms with Crippen LogP contribution in [0.1, 0.15) is 11.1 Å². The Hall–Kier alpha value is 0.1000. The molecular formula is C10H18Br2N2. The SMILES string of the molecule is Br.Br.CN(C)Cc1ccccc1CN. The van der Waals surface area contributed by atoms with Crippen molar-refractivity contribution in [3.8, 4) is 0 Å². The first-order valence-corrected chi connectivity index (χ1v) is 4.15. The van der Waals surface area contributed by atoms with Gasteiger partial charge in [0.25, 0.3) is 0 Å². The van der Waals surface area contributed by atoms with Gasteiger partial charge in [0, 0.05) is 13.1 Å². The first kappa shape index (κ1) is 16.5. The second-order valence-corrected chi connectivity index (χ2v) is 3.21. The smallest absolute Gasteiger partial charge is 0.0230 e. The van der Waals surface area contributed by atoms with E-state index in [1.165, 1.54) is 11.1 Å². The molecule has 0 amide bonds. The van der Waals surface area contributed by atoms with Crippen molar-refractivity contribution in [2.45, 2.75) is 13.1 Å². The molecule has 0 saturated carbocycles. The molecule has 4 heteroatoms. The predicted molar refractivity (Wildman–Crippen MR) is 72.4 cm³/mol. The Morgan fingerprint density at radius 3 is 2.00 bits per heavy atom. The summed E-state index contributed by atoms with van der Waals surface area (Å²) in [5, 5.41) is 0. The molecule has 2 N–H and O–H groups in total. The van der Waals surface area contributed by atoms with Gasteiger partial charge in [-0.3, -0.25) is 0 Å². The number of rotatable bonds is 3. The largest absolute Gasteiger partial charge is 0.326 e. The molecule has 82 valence electrons. The summed E-state index contributed by atoms with van der Waals surface area (Å²) < 4.78 is 0. The van der Waals surface area contributed by atoms with Crippen LogP contribution in [0.4, 0.5) is 0 Å². The molecule has 0 aromatic heterocycles. The highest BCUT2D eigenvalue weighted by molar-refractivity contribution is 8.93. The third kappa shape index (κ3) is 5.10. The fourth-order valence-corrected chi connectivity index (χ4v) is 1.25. The molecule has 0 aliphatic carbocycles. The number of nitrogens with zero attached hydrogens (tertiary/aromatic N) is 1. The first-order chi connectivity index (χ1) is 5.74. The van der Waals surface area contributed by atoms with Crippen LogP contribution in [0.25, 0.3) is 0 Å². The van der Waals surface area contributed by atoms with E-state index in [0.29, 0.717) is 6.54 Å². The topological polar surface area (TPSA) is 29.3 Å². The van der Waals surface area contributed by atoms with E-state index in [0.717, 1.165) is 6.54 Å². The minimum Gasteiger partial charge on any atom is -0.326 e. The Kier molecular flexibility index (Phi) is 9.93. The molecule has 0 radical (unpaired) electrons.